The first-order valence-electron chi connectivity index (χ1n) is 10.1. The Morgan fingerprint density at radius 1 is 1.11 bits per heavy atom. The van der Waals surface area contributed by atoms with Crippen LogP contribution in [-0.2, 0) is 21.5 Å². The van der Waals surface area contributed by atoms with E-state index in [4.69, 9.17) is 4.74 Å². The van der Waals surface area contributed by atoms with Crippen LogP contribution in [0.5, 0.6) is 0 Å². The van der Waals surface area contributed by atoms with Crippen LogP contribution in [0.2, 0.25) is 0 Å². The van der Waals surface area contributed by atoms with Crippen molar-refractivity contribution in [2.75, 3.05) is 26.3 Å². The third-order valence-corrected chi connectivity index (χ3v) is 6.56. The van der Waals surface area contributed by atoms with E-state index in [1.165, 1.54) is 5.56 Å². The van der Waals surface area contributed by atoms with E-state index in [2.05, 4.69) is 62.5 Å². The van der Waals surface area contributed by atoms with Gasteiger partial charge in [-0.05, 0) is 42.5 Å². The molecule has 0 bridgehead atoms. The van der Waals surface area contributed by atoms with Crippen molar-refractivity contribution in [2.24, 2.45) is 0 Å². The van der Waals surface area contributed by atoms with Gasteiger partial charge in [0.2, 0.25) is 5.91 Å². The van der Waals surface area contributed by atoms with Crippen molar-refractivity contribution in [3.63, 3.8) is 0 Å². The Hall–Kier alpha value is -1.69. The lowest BCUT2D eigenvalue weighted by atomic mass is 9.73. The first kappa shape index (κ1) is 19.6. The third-order valence-electron chi connectivity index (χ3n) is 6.03. The molecule has 0 radical (unpaired) electrons. The first-order valence-corrected chi connectivity index (χ1v) is 10.9. The lowest BCUT2D eigenvalue weighted by Gasteiger charge is -2.37. The lowest BCUT2D eigenvalue weighted by Crippen LogP contribution is -2.51. The predicted octanol–water partition coefficient (Wildman–Crippen LogP) is 3.89. The highest BCUT2D eigenvalue weighted by Gasteiger charge is 2.42. The van der Waals surface area contributed by atoms with Gasteiger partial charge in [-0.3, -0.25) is 9.69 Å². The van der Waals surface area contributed by atoms with Gasteiger partial charge in [0, 0.05) is 43.4 Å². The minimum atomic E-state index is -0.480. The number of amides is 1. The molecule has 4 nitrogen and oxygen atoms in total. The Bertz CT molecular complexity index is 788. The minimum absolute atomic E-state index is 0.157. The fourth-order valence-corrected chi connectivity index (χ4v) is 4.66. The molecule has 1 unspecified atom stereocenters. The van der Waals surface area contributed by atoms with Crippen molar-refractivity contribution in [1.29, 1.82) is 0 Å². The highest BCUT2D eigenvalue weighted by molar-refractivity contribution is 9.10. The maximum Gasteiger partial charge on any atom is 0.231 e. The van der Waals surface area contributed by atoms with Crippen molar-refractivity contribution in [3.05, 3.63) is 70.2 Å². The van der Waals surface area contributed by atoms with E-state index < -0.39 is 5.41 Å². The third kappa shape index (κ3) is 4.32. The molecule has 2 aliphatic rings. The van der Waals surface area contributed by atoms with E-state index in [9.17, 15) is 4.79 Å². The fraction of sp³-hybridized carbons (Fsp3) is 0.435. The van der Waals surface area contributed by atoms with E-state index in [0.29, 0.717) is 13.2 Å². The zero-order valence-electron chi connectivity index (χ0n) is 16.1. The average molecular weight is 443 g/mol. The molecular weight excluding hydrogens is 416 g/mol. The van der Waals surface area contributed by atoms with Crippen LogP contribution in [0, 0.1) is 0 Å². The van der Waals surface area contributed by atoms with E-state index in [-0.39, 0.29) is 11.9 Å². The second-order valence-electron chi connectivity index (χ2n) is 7.88. The topological polar surface area (TPSA) is 41.6 Å². The van der Waals surface area contributed by atoms with Gasteiger partial charge in [0.1, 0.15) is 0 Å². The van der Waals surface area contributed by atoms with Crippen LogP contribution >= 0.6 is 15.9 Å². The summed E-state index contributed by atoms with van der Waals surface area (Å²) in [5, 5.41) is 3.37. The van der Waals surface area contributed by atoms with Crippen LogP contribution in [-0.4, -0.2) is 43.2 Å². The van der Waals surface area contributed by atoms with Crippen LogP contribution in [0.3, 0.4) is 0 Å². The molecule has 2 saturated heterocycles. The number of ether oxygens (including phenoxy) is 1. The maximum atomic E-state index is 13.4. The number of halogens is 1. The summed E-state index contributed by atoms with van der Waals surface area (Å²) in [5.41, 5.74) is 1.94. The fourth-order valence-electron chi connectivity index (χ4n) is 4.39. The predicted molar refractivity (Wildman–Crippen MR) is 114 cm³/mol. The molecular formula is C23H27BrN2O2. The summed E-state index contributed by atoms with van der Waals surface area (Å²) < 4.78 is 6.61. The van der Waals surface area contributed by atoms with Gasteiger partial charge < -0.3 is 10.1 Å². The Morgan fingerprint density at radius 2 is 1.82 bits per heavy atom. The molecule has 5 heteroatoms. The van der Waals surface area contributed by atoms with E-state index in [0.717, 1.165) is 48.9 Å². The smallest absolute Gasteiger partial charge is 0.231 e. The number of nitrogens with one attached hydrogen (secondary N) is 1. The SMILES string of the molecule is O=C(NC1CCN(Cc2ccccc2)C1)C1(c2ccc(Br)cc2)CCOCC1. The molecule has 2 fully saturated rings. The number of nitrogens with zero attached hydrogens (tertiary/aromatic N) is 1. The first-order chi connectivity index (χ1) is 13.7. The number of rotatable bonds is 5. The van der Waals surface area contributed by atoms with Gasteiger partial charge in [-0.25, -0.2) is 0 Å². The molecule has 1 amide bonds. The number of carbonyl (C=O) groups is 1. The van der Waals surface area contributed by atoms with E-state index in [1.807, 2.05) is 18.2 Å². The Morgan fingerprint density at radius 3 is 2.54 bits per heavy atom. The van der Waals surface area contributed by atoms with Crippen LogP contribution < -0.4 is 5.32 Å². The summed E-state index contributed by atoms with van der Waals surface area (Å²) in [4.78, 5) is 15.9. The van der Waals surface area contributed by atoms with Crippen molar-refractivity contribution in [3.8, 4) is 0 Å². The zero-order chi connectivity index (χ0) is 19.4. The number of likely N-dealkylation sites (tertiary alicyclic amines) is 1. The Labute approximate surface area is 175 Å². The molecule has 1 N–H and O–H groups in total. The van der Waals surface area contributed by atoms with Gasteiger partial charge in [0.25, 0.3) is 0 Å². The molecule has 148 valence electrons. The monoisotopic (exact) mass is 442 g/mol. The Kier molecular flexibility index (Phi) is 6.14. The molecule has 2 aliphatic heterocycles. The molecule has 2 heterocycles. The number of carbonyl (C=O) groups excluding carboxylic acids is 1. The second kappa shape index (κ2) is 8.76. The molecule has 0 saturated carbocycles. The second-order valence-corrected chi connectivity index (χ2v) is 8.80. The summed E-state index contributed by atoms with van der Waals surface area (Å²) in [6.07, 6.45) is 2.48. The number of benzene rings is 2. The van der Waals surface area contributed by atoms with Gasteiger partial charge >= 0.3 is 0 Å². The zero-order valence-corrected chi connectivity index (χ0v) is 17.7. The molecule has 28 heavy (non-hydrogen) atoms. The molecule has 0 aliphatic carbocycles. The summed E-state index contributed by atoms with van der Waals surface area (Å²) in [5.74, 6) is 0.157. The minimum Gasteiger partial charge on any atom is -0.381 e. The molecule has 0 aromatic heterocycles. The van der Waals surface area contributed by atoms with E-state index >= 15 is 0 Å². The quantitative estimate of drug-likeness (QED) is 0.763. The van der Waals surface area contributed by atoms with Gasteiger partial charge in [-0.1, -0.05) is 58.4 Å². The highest BCUT2D eigenvalue weighted by Crippen LogP contribution is 2.36. The van der Waals surface area contributed by atoms with Crippen LogP contribution in [0.1, 0.15) is 30.4 Å². The standard InChI is InChI=1S/C23H27BrN2O2/c24-20-8-6-19(7-9-20)23(11-14-28-15-12-23)22(27)25-21-10-13-26(17-21)16-18-4-2-1-3-5-18/h1-9,21H,10-17H2,(H,25,27). The van der Waals surface area contributed by atoms with Crippen molar-refractivity contribution in [2.45, 2.75) is 37.3 Å². The van der Waals surface area contributed by atoms with Crippen LogP contribution in [0.15, 0.2) is 59.1 Å². The Balaban J connectivity index is 1.43. The van der Waals surface area contributed by atoms with Crippen molar-refractivity contribution >= 4 is 21.8 Å². The van der Waals surface area contributed by atoms with Crippen LogP contribution in [0.25, 0.3) is 0 Å². The lowest BCUT2D eigenvalue weighted by molar-refractivity contribution is -0.131. The molecule has 4 rings (SSSR count). The molecule has 0 spiro atoms. The molecule has 1 atom stereocenters. The molecule has 2 aromatic rings. The van der Waals surface area contributed by atoms with Gasteiger partial charge in [-0.15, -0.1) is 0 Å². The summed E-state index contributed by atoms with van der Waals surface area (Å²) in [7, 11) is 0. The maximum absolute atomic E-state index is 13.4. The van der Waals surface area contributed by atoms with Gasteiger partial charge in [0.05, 0.1) is 5.41 Å². The van der Waals surface area contributed by atoms with Gasteiger partial charge in [-0.2, -0.15) is 0 Å². The van der Waals surface area contributed by atoms with Gasteiger partial charge in [0.15, 0.2) is 0 Å². The highest BCUT2D eigenvalue weighted by atomic mass is 79.9. The number of hydrogen-bond donors (Lipinski definition) is 1. The summed E-state index contributed by atoms with van der Waals surface area (Å²) in [6.45, 7) is 4.14. The van der Waals surface area contributed by atoms with Crippen LogP contribution in [0.4, 0.5) is 0 Å². The largest absolute Gasteiger partial charge is 0.381 e. The summed E-state index contributed by atoms with van der Waals surface area (Å²) in [6, 6.07) is 18.9. The van der Waals surface area contributed by atoms with E-state index in [1.54, 1.807) is 0 Å². The van der Waals surface area contributed by atoms with Crippen molar-refractivity contribution < 1.29 is 9.53 Å². The normalized spacial score (nSPS) is 22.1. The average Bonchev–Trinajstić information content (AvgIpc) is 3.16. The number of hydrogen-bond acceptors (Lipinski definition) is 3. The van der Waals surface area contributed by atoms with Crippen molar-refractivity contribution in [1.82, 2.24) is 10.2 Å². The molecule has 2 aromatic carbocycles. The summed E-state index contributed by atoms with van der Waals surface area (Å²) >= 11 is 3.50.